The maximum atomic E-state index is 5.60. The van der Waals surface area contributed by atoms with Crippen LogP contribution in [0.4, 0.5) is 0 Å². The smallest absolute Gasteiger partial charge is 0.323 e. The second-order valence-electron chi connectivity index (χ2n) is 2.04. The topological polar surface area (TPSA) is 57.1 Å². The SMILES string of the molecule is CCOc1nc(Cl)nc(OCC)n1. The van der Waals surface area contributed by atoms with Gasteiger partial charge in [0.2, 0.25) is 5.28 Å². The first kappa shape index (κ1) is 9.98. The fourth-order valence-electron chi connectivity index (χ4n) is 0.702. The molecular formula is C7H10ClN3O2. The predicted molar refractivity (Wildman–Crippen MR) is 47.2 cm³/mol. The second kappa shape index (κ2) is 4.81. The van der Waals surface area contributed by atoms with Crippen LogP contribution in [0.1, 0.15) is 13.8 Å². The molecule has 0 bridgehead atoms. The lowest BCUT2D eigenvalue weighted by atomic mass is 10.8. The summed E-state index contributed by atoms with van der Waals surface area (Å²) in [6, 6.07) is 0.372. The molecule has 0 amide bonds. The molecule has 0 aliphatic rings. The molecule has 72 valence electrons. The van der Waals surface area contributed by atoms with Crippen molar-refractivity contribution in [2.45, 2.75) is 13.8 Å². The summed E-state index contributed by atoms with van der Waals surface area (Å²) in [6.45, 7) is 4.62. The highest BCUT2D eigenvalue weighted by Gasteiger charge is 2.05. The molecule has 0 aromatic carbocycles. The van der Waals surface area contributed by atoms with Crippen LogP contribution in [0.25, 0.3) is 0 Å². The van der Waals surface area contributed by atoms with Gasteiger partial charge >= 0.3 is 12.0 Å². The number of halogens is 1. The van der Waals surface area contributed by atoms with E-state index in [1.807, 2.05) is 13.8 Å². The Bertz CT molecular complexity index is 258. The van der Waals surface area contributed by atoms with Gasteiger partial charge in [-0.1, -0.05) is 0 Å². The van der Waals surface area contributed by atoms with Crippen molar-refractivity contribution in [1.29, 1.82) is 0 Å². The van der Waals surface area contributed by atoms with Crippen LogP contribution in [0, 0.1) is 0 Å². The van der Waals surface area contributed by atoms with Gasteiger partial charge in [0.15, 0.2) is 0 Å². The minimum absolute atomic E-state index is 0.0712. The first-order valence-electron chi connectivity index (χ1n) is 3.93. The Morgan fingerprint density at radius 1 is 1.00 bits per heavy atom. The van der Waals surface area contributed by atoms with Crippen molar-refractivity contribution in [3.8, 4) is 12.0 Å². The van der Waals surface area contributed by atoms with Gasteiger partial charge in [0, 0.05) is 0 Å². The van der Waals surface area contributed by atoms with E-state index in [2.05, 4.69) is 15.0 Å². The van der Waals surface area contributed by atoms with Gasteiger partial charge < -0.3 is 9.47 Å². The van der Waals surface area contributed by atoms with E-state index in [4.69, 9.17) is 21.1 Å². The molecule has 1 heterocycles. The van der Waals surface area contributed by atoms with Crippen LogP contribution in [-0.2, 0) is 0 Å². The van der Waals surface area contributed by atoms with E-state index >= 15 is 0 Å². The minimum atomic E-state index is 0.0712. The van der Waals surface area contributed by atoms with E-state index in [1.165, 1.54) is 0 Å². The molecule has 0 saturated heterocycles. The molecule has 0 aliphatic carbocycles. The molecule has 6 heteroatoms. The van der Waals surface area contributed by atoms with Gasteiger partial charge in [-0.3, -0.25) is 0 Å². The van der Waals surface area contributed by atoms with Gasteiger partial charge in [-0.2, -0.15) is 9.97 Å². The number of nitrogens with zero attached hydrogens (tertiary/aromatic N) is 3. The summed E-state index contributed by atoms with van der Waals surface area (Å²) in [5, 5.41) is 0.0712. The molecular weight excluding hydrogens is 194 g/mol. The third kappa shape index (κ3) is 3.02. The Hall–Kier alpha value is -1.10. The van der Waals surface area contributed by atoms with Gasteiger partial charge in [-0.15, -0.1) is 4.98 Å². The summed E-state index contributed by atoms with van der Waals surface area (Å²) in [5.41, 5.74) is 0. The molecule has 0 saturated carbocycles. The second-order valence-corrected chi connectivity index (χ2v) is 2.37. The maximum absolute atomic E-state index is 5.60. The molecule has 5 nitrogen and oxygen atoms in total. The van der Waals surface area contributed by atoms with Crippen LogP contribution in [0.5, 0.6) is 12.0 Å². The van der Waals surface area contributed by atoms with E-state index in [0.29, 0.717) is 13.2 Å². The zero-order valence-electron chi connectivity index (χ0n) is 7.45. The van der Waals surface area contributed by atoms with Crippen LogP contribution < -0.4 is 9.47 Å². The van der Waals surface area contributed by atoms with Crippen molar-refractivity contribution in [1.82, 2.24) is 15.0 Å². The zero-order valence-corrected chi connectivity index (χ0v) is 8.21. The van der Waals surface area contributed by atoms with E-state index in [9.17, 15) is 0 Å². The molecule has 0 atom stereocenters. The van der Waals surface area contributed by atoms with Crippen LogP contribution in [0.2, 0.25) is 5.28 Å². The molecule has 1 aromatic heterocycles. The number of rotatable bonds is 4. The molecule has 0 N–H and O–H groups in total. The third-order valence-corrected chi connectivity index (χ3v) is 1.28. The van der Waals surface area contributed by atoms with Crippen LogP contribution in [-0.4, -0.2) is 28.2 Å². The Labute approximate surface area is 81.1 Å². The maximum Gasteiger partial charge on any atom is 0.323 e. The lowest BCUT2D eigenvalue weighted by molar-refractivity contribution is 0.279. The highest BCUT2D eigenvalue weighted by Crippen LogP contribution is 2.12. The first-order chi connectivity index (χ1) is 6.26. The van der Waals surface area contributed by atoms with Crippen molar-refractivity contribution in [2.24, 2.45) is 0 Å². The molecule has 0 aliphatic heterocycles. The van der Waals surface area contributed by atoms with Crippen molar-refractivity contribution >= 4 is 11.6 Å². The number of ether oxygens (including phenoxy) is 2. The first-order valence-corrected chi connectivity index (χ1v) is 4.31. The predicted octanol–water partition coefficient (Wildman–Crippen LogP) is 1.32. The average molecular weight is 204 g/mol. The van der Waals surface area contributed by atoms with E-state index in [1.54, 1.807) is 0 Å². The van der Waals surface area contributed by atoms with E-state index in [0.717, 1.165) is 0 Å². The molecule has 0 fully saturated rings. The normalized spacial score (nSPS) is 9.77. The summed E-state index contributed by atoms with van der Waals surface area (Å²) in [5.74, 6) is 0. The number of hydrogen-bond acceptors (Lipinski definition) is 5. The van der Waals surface area contributed by atoms with Crippen LogP contribution in [0.3, 0.4) is 0 Å². The van der Waals surface area contributed by atoms with E-state index in [-0.39, 0.29) is 17.3 Å². The van der Waals surface area contributed by atoms with Crippen molar-refractivity contribution in [2.75, 3.05) is 13.2 Å². The molecule has 0 spiro atoms. The van der Waals surface area contributed by atoms with E-state index < -0.39 is 0 Å². The fourth-order valence-corrected chi connectivity index (χ4v) is 0.847. The molecule has 0 radical (unpaired) electrons. The average Bonchev–Trinajstić information content (AvgIpc) is 2.04. The number of aromatic nitrogens is 3. The molecule has 1 rings (SSSR count). The lowest BCUT2D eigenvalue weighted by Gasteiger charge is -2.03. The summed E-state index contributed by atoms with van der Waals surface area (Å²) in [4.78, 5) is 11.4. The molecule has 13 heavy (non-hydrogen) atoms. The van der Waals surface area contributed by atoms with Crippen molar-refractivity contribution in [3.05, 3.63) is 5.28 Å². The van der Waals surface area contributed by atoms with Gasteiger partial charge in [-0.05, 0) is 25.4 Å². The van der Waals surface area contributed by atoms with Gasteiger partial charge in [0.1, 0.15) is 0 Å². The monoisotopic (exact) mass is 203 g/mol. The largest absolute Gasteiger partial charge is 0.464 e. The van der Waals surface area contributed by atoms with Crippen LogP contribution in [0.15, 0.2) is 0 Å². The van der Waals surface area contributed by atoms with Crippen molar-refractivity contribution in [3.63, 3.8) is 0 Å². The third-order valence-electron chi connectivity index (χ3n) is 1.11. The summed E-state index contributed by atoms with van der Waals surface area (Å²) < 4.78 is 10.1. The van der Waals surface area contributed by atoms with Gasteiger partial charge in [0.05, 0.1) is 13.2 Å². The Kier molecular flexibility index (Phi) is 3.70. The standard InChI is InChI=1S/C7H10ClN3O2/c1-3-12-6-9-5(8)10-7(11-6)13-4-2/h3-4H2,1-2H3. The van der Waals surface area contributed by atoms with Gasteiger partial charge in [0.25, 0.3) is 0 Å². The number of hydrogen-bond donors (Lipinski definition) is 0. The Balaban J connectivity index is 2.83. The van der Waals surface area contributed by atoms with Crippen LogP contribution >= 0.6 is 11.6 Å². The Morgan fingerprint density at radius 3 is 1.85 bits per heavy atom. The van der Waals surface area contributed by atoms with Gasteiger partial charge in [-0.25, -0.2) is 0 Å². The highest BCUT2D eigenvalue weighted by molar-refractivity contribution is 6.28. The quantitative estimate of drug-likeness (QED) is 0.739. The molecule has 0 unspecified atom stereocenters. The minimum Gasteiger partial charge on any atom is -0.464 e. The zero-order chi connectivity index (χ0) is 9.68. The summed E-state index contributed by atoms with van der Waals surface area (Å²) >= 11 is 5.60. The molecule has 1 aromatic rings. The summed E-state index contributed by atoms with van der Waals surface area (Å²) in [7, 11) is 0. The summed E-state index contributed by atoms with van der Waals surface area (Å²) in [6.07, 6.45) is 0. The highest BCUT2D eigenvalue weighted by atomic mass is 35.5. The fraction of sp³-hybridized carbons (Fsp3) is 0.571. The lowest BCUT2D eigenvalue weighted by Crippen LogP contribution is -2.03. The Morgan fingerprint density at radius 2 is 1.46 bits per heavy atom. The van der Waals surface area contributed by atoms with Crippen molar-refractivity contribution < 1.29 is 9.47 Å².